The van der Waals surface area contributed by atoms with Crippen LogP contribution < -0.4 is 0 Å². The van der Waals surface area contributed by atoms with Crippen molar-refractivity contribution in [1.29, 1.82) is 0 Å². The second-order valence-electron chi connectivity index (χ2n) is 4.07. The quantitative estimate of drug-likeness (QED) is 0.638. The number of aromatic nitrogens is 1. The molecule has 1 N–H and O–H groups in total. The molecule has 0 aliphatic heterocycles. The van der Waals surface area contributed by atoms with Crippen molar-refractivity contribution in [2.24, 2.45) is 0 Å². The summed E-state index contributed by atoms with van der Waals surface area (Å²) in [6.45, 7) is 1.54. The first-order chi connectivity index (χ1) is 8.18. The van der Waals surface area contributed by atoms with Gasteiger partial charge in [-0.15, -0.1) is 0 Å². The third-order valence-corrected chi connectivity index (χ3v) is 2.97. The van der Waals surface area contributed by atoms with Gasteiger partial charge in [-0.25, -0.2) is 0 Å². The summed E-state index contributed by atoms with van der Waals surface area (Å²) in [6.07, 6.45) is 0. The minimum Gasteiger partial charge on any atom is -0.508 e. The number of aromatic hydroxyl groups is 1. The van der Waals surface area contributed by atoms with Crippen molar-refractivity contribution in [2.45, 2.75) is 6.92 Å². The molecule has 0 radical (unpaired) electrons. The lowest BCUT2D eigenvalue weighted by Crippen LogP contribution is -2.04. The predicted molar refractivity (Wildman–Crippen MR) is 67.4 cm³/mol. The molecule has 1 heterocycles. The average Bonchev–Trinajstić information content (AvgIpc) is 2.63. The molecule has 2 aromatic carbocycles. The number of phenols is 1. The number of nitrogens with zero attached hydrogens (tertiary/aromatic N) is 1. The maximum Gasteiger partial charge on any atom is 0.228 e. The van der Waals surface area contributed by atoms with Crippen molar-refractivity contribution < 1.29 is 9.90 Å². The van der Waals surface area contributed by atoms with Gasteiger partial charge in [0.05, 0.1) is 11.0 Å². The molecular weight excluding hydrogens is 214 g/mol. The Morgan fingerprint density at radius 2 is 1.76 bits per heavy atom. The molecule has 0 atom stereocenters. The summed E-state index contributed by atoms with van der Waals surface area (Å²) in [6, 6.07) is 12.8. The van der Waals surface area contributed by atoms with Gasteiger partial charge in [0.2, 0.25) is 5.91 Å². The van der Waals surface area contributed by atoms with Gasteiger partial charge in [0.15, 0.2) is 0 Å². The number of rotatable bonds is 0. The first kappa shape index (κ1) is 9.90. The molecule has 3 heteroatoms. The number of fused-ring (bicyclic) bond motifs is 3. The Morgan fingerprint density at radius 3 is 2.53 bits per heavy atom. The lowest BCUT2D eigenvalue weighted by molar-refractivity contribution is 0.0946. The normalized spacial score (nSPS) is 11.1. The molecule has 0 unspecified atom stereocenters. The largest absolute Gasteiger partial charge is 0.508 e. The SMILES string of the molecule is CC(=O)n1c2ccccc2c2cc(O)ccc21. The molecule has 0 saturated heterocycles. The van der Waals surface area contributed by atoms with Gasteiger partial charge in [-0.1, -0.05) is 18.2 Å². The molecule has 1 aromatic heterocycles. The third kappa shape index (κ3) is 1.32. The third-order valence-electron chi connectivity index (χ3n) is 2.97. The van der Waals surface area contributed by atoms with E-state index >= 15 is 0 Å². The van der Waals surface area contributed by atoms with E-state index in [1.807, 2.05) is 24.3 Å². The van der Waals surface area contributed by atoms with Crippen molar-refractivity contribution in [1.82, 2.24) is 4.57 Å². The van der Waals surface area contributed by atoms with Crippen LogP contribution in [0.15, 0.2) is 42.5 Å². The van der Waals surface area contributed by atoms with E-state index in [4.69, 9.17) is 0 Å². The standard InChI is InChI=1S/C14H11NO2/c1-9(16)15-13-5-3-2-4-11(13)12-8-10(17)6-7-14(12)15/h2-8,17H,1H3. The lowest BCUT2D eigenvalue weighted by Gasteiger charge is -2.00. The molecule has 0 bridgehead atoms. The summed E-state index contributed by atoms with van der Waals surface area (Å²) in [4.78, 5) is 11.7. The lowest BCUT2D eigenvalue weighted by atomic mass is 10.1. The van der Waals surface area contributed by atoms with Gasteiger partial charge in [0.1, 0.15) is 5.75 Å². The smallest absolute Gasteiger partial charge is 0.228 e. The molecule has 0 amide bonds. The van der Waals surface area contributed by atoms with Gasteiger partial charge >= 0.3 is 0 Å². The fourth-order valence-corrected chi connectivity index (χ4v) is 2.30. The summed E-state index contributed by atoms with van der Waals surface area (Å²) >= 11 is 0. The molecule has 3 rings (SSSR count). The number of carbonyl (C=O) groups excluding carboxylic acids is 1. The molecular formula is C14H11NO2. The highest BCUT2D eigenvalue weighted by atomic mass is 16.3. The Morgan fingerprint density at radius 1 is 1.06 bits per heavy atom. The molecule has 3 aromatic rings. The number of para-hydroxylation sites is 1. The molecule has 3 nitrogen and oxygen atoms in total. The summed E-state index contributed by atoms with van der Waals surface area (Å²) < 4.78 is 1.67. The highest BCUT2D eigenvalue weighted by Crippen LogP contribution is 2.31. The zero-order valence-corrected chi connectivity index (χ0v) is 9.34. The molecule has 17 heavy (non-hydrogen) atoms. The van der Waals surface area contributed by atoms with Gasteiger partial charge in [0, 0.05) is 17.7 Å². The second kappa shape index (κ2) is 3.35. The Balaban J connectivity index is 2.62. The molecule has 0 saturated carbocycles. The number of carbonyl (C=O) groups is 1. The first-order valence-corrected chi connectivity index (χ1v) is 5.41. The Hall–Kier alpha value is -2.29. The summed E-state index contributed by atoms with van der Waals surface area (Å²) in [5.74, 6) is 0.186. The van der Waals surface area contributed by atoms with Crippen molar-refractivity contribution in [3.63, 3.8) is 0 Å². The molecule has 0 aliphatic rings. The molecule has 0 spiro atoms. The van der Waals surface area contributed by atoms with Crippen LogP contribution in [-0.4, -0.2) is 15.6 Å². The van der Waals surface area contributed by atoms with Crippen molar-refractivity contribution in [2.75, 3.05) is 0 Å². The second-order valence-corrected chi connectivity index (χ2v) is 4.07. The fraction of sp³-hybridized carbons (Fsp3) is 0.0714. The van der Waals surface area contributed by atoms with E-state index in [0.29, 0.717) is 0 Å². The summed E-state index contributed by atoms with van der Waals surface area (Å²) in [7, 11) is 0. The summed E-state index contributed by atoms with van der Waals surface area (Å²) in [5, 5.41) is 11.4. The maximum absolute atomic E-state index is 11.7. The van der Waals surface area contributed by atoms with Crippen molar-refractivity contribution >= 4 is 27.7 Å². The monoisotopic (exact) mass is 225 g/mol. The minimum absolute atomic E-state index is 0.0260. The van der Waals surface area contributed by atoms with E-state index in [2.05, 4.69) is 0 Å². The van der Waals surface area contributed by atoms with Crippen LogP contribution in [0.25, 0.3) is 21.8 Å². The van der Waals surface area contributed by atoms with Crippen LogP contribution in [-0.2, 0) is 0 Å². The van der Waals surface area contributed by atoms with E-state index in [1.165, 1.54) is 0 Å². The van der Waals surface area contributed by atoms with Crippen LogP contribution in [0.2, 0.25) is 0 Å². The average molecular weight is 225 g/mol. The van der Waals surface area contributed by atoms with Crippen LogP contribution in [0, 0.1) is 0 Å². The van der Waals surface area contributed by atoms with Crippen LogP contribution in [0.3, 0.4) is 0 Å². The van der Waals surface area contributed by atoms with E-state index in [-0.39, 0.29) is 11.7 Å². The Labute approximate surface area is 97.9 Å². The molecule has 84 valence electrons. The number of hydrogen-bond acceptors (Lipinski definition) is 2. The number of phenolic OH excluding ortho intramolecular Hbond substituents is 1. The highest BCUT2D eigenvalue weighted by Gasteiger charge is 2.12. The van der Waals surface area contributed by atoms with Crippen molar-refractivity contribution in [3.05, 3.63) is 42.5 Å². The Bertz CT molecular complexity index is 740. The highest BCUT2D eigenvalue weighted by molar-refractivity contribution is 6.13. The zero-order chi connectivity index (χ0) is 12.0. The predicted octanol–water partition coefficient (Wildman–Crippen LogP) is 3.16. The van der Waals surface area contributed by atoms with Crippen molar-refractivity contribution in [3.8, 4) is 5.75 Å². The molecule has 0 aliphatic carbocycles. The van der Waals surface area contributed by atoms with Crippen LogP contribution in [0.1, 0.15) is 11.7 Å². The van der Waals surface area contributed by atoms with Gasteiger partial charge in [-0.3, -0.25) is 9.36 Å². The van der Waals surface area contributed by atoms with Crippen LogP contribution >= 0.6 is 0 Å². The Kier molecular flexibility index (Phi) is 1.95. The summed E-state index contributed by atoms with van der Waals surface area (Å²) in [5.41, 5.74) is 1.71. The van der Waals surface area contributed by atoms with E-state index in [0.717, 1.165) is 21.8 Å². The topological polar surface area (TPSA) is 42.2 Å². The van der Waals surface area contributed by atoms with Gasteiger partial charge < -0.3 is 5.11 Å². The van der Waals surface area contributed by atoms with Gasteiger partial charge in [0.25, 0.3) is 0 Å². The van der Waals surface area contributed by atoms with Gasteiger partial charge in [-0.2, -0.15) is 0 Å². The maximum atomic E-state index is 11.7. The molecule has 0 fully saturated rings. The van der Waals surface area contributed by atoms with Crippen LogP contribution in [0.4, 0.5) is 0 Å². The zero-order valence-electron chi connectivity index (χ0n) is 9.34. The first-order valence-electron chi connectivity index (χ1n) is 5.41. The minimum atomic E-state index is -0.0260. The van der Waals surface area contributed by atoms with E-state index in [1.54, 1.807) is 29.7 Å². The van der Waals surface area contributed by atoms with E-state index in [9.17, 15) is 9.90 Å². The number of benzene rings is 2. The van der Waals surface area contributed by atoms with Gasteiger partial charge in [-0.05, 0) is 24.3 Å². The van der Waals surface area contributed by atoms with E-state index < -0.39 is 0 Å². The fourth-order valence-electron chi connectivity index (χ4n) is 2.30. The van der Waals surface area contributed by atoms with Crippen LogP contribution in [0.5, 0.6) is 5.75 Å². The number of hydrogen-bond donors (Lipinski definition) is 1.